The lowest BCUT2D eigenvalue weighted by Gasteiger charge is -2.28. The van der Waals surface area contributed by atoms with Crippen molar-refractivity contribution in [2.75, 3.05) is 11.5 Å². The first-order valence-corrected chi connectivity index (χ1v) is 13.1. The van der Waals surface area contributed by atoms with Crippen LogP contribution in [0.4, 0.5) is 5.69 Å². The fraction of sp³-hybridized carbons (Fsp3) is 0.385. The van der Waals surface area contributed by atoms with E-state index in [9.17, 15) is 19.2 Å². The minimum absolute atomic E-state index is 0.116. The van der Waals surface area contributed by atoms with E-state index in [4.69, 9.17) is 4.74 Å². The lowest BCUT2D eigenvalue weighted by atomic mass is 9.81. The highest BCUT2D eigenvalue weighted by molar-refractivity contribution is 9.12. The average Bonchev–Trinajstić information content (AvgIpc) is 3.43. The number of ether oxygens (including phenoxy) is 1. The third-order valence-electron chi connectivity index (χ3n) is 7.35. The lowest BCUT2D eigenvalue weighted by Crippen LogP contribution is -2.37. The molecular formula is C26H23Br2NO5. The van der Waals surface area contributed by atoms with Crippen molar-refractivity contribution in [3.63, 3.8) is 0 Å². The van der Waals surface area contributed by atoms with Crippen molar-refractivity contribution in [1.29, 1.82) is 0 Å². The maximum Gasteiger partial charge on any atom is 0.338 e. The number of Topliss-reactive ketones (excluding diaryl/α,β-unsaturated/α-hetero) is 1. The van der Waals surface area contributed by atoms with E-state index in [2.05, 4.69) is 31.9 Å². The third-order valence-corrected chi connectivity index (χ3v) is 10.6. The number of benzene rings is 2. The molecule has 2 aromatic carbocycles. The molecule has 1 aliphatic heterocycles. The predicted molar refractivity (Wildman–Crippen MR) is 133 cm³/mol. The summed E-state index contributed by atoms with van der Waals surface area (Å²) in [5, 5.41) is 0. The molecule has 34 heavy (non-hydrogen) atoms. The minimum Gasteiger partial charge on any atom is -0.454 e. The van der Waals surface area contributed by atoms with Gasteiger partial charge in [0.15, 0.2) is 6.61 Å². The second kappa shape index (κ2) is 8.72. The number of halogens is 2. The number of fused-ring (bicyclic) bond motifs is 5. The normalized spacial score (nSPS) is 29.5. The van der Waals surface area contributed by atoms with Gasteiger partial charge in [0.1, 0.15) is 0 Å². The Balaban J connectivity index is 1.32. The van der Waals surface area contributed by atoms with Gasteiger partial charge < -0.3 is 4.74 Å². The van der Waals surface area contributed by atoms with Crippen LogP contribution in [0.2, 0.25) is 0 Å². The quantitative estimate of drug-likeness (QED) is 0.220. The van der Waals surface area contributed by atoms with Crippen LogP contribution >= 0.6 is 31.9 Å². The molecule has 3 fully saturated rings. The Morgan fingerprint density at radius 2 is 1.62 bits per heavy atom. The summed E-state index contributed by atoms with van der Waals surface area (Å²) in [4.78, 5) is 53.3. The number of hydrogen-bond acceptors (Lipinski definition) is 5. The second-order valence-electron chi connectivity index (χ2n) is 9.38. The minimum atomic E-state index is -0.680. The van der Waals surface area contributed by atoms with Gasteiger partial charge in [-0.1, -0.05) is 55.6 Å². The van der Waals surface area contributed by atoms with Gasteiger partial charge in [0.25, 0.3) is 0 Å². The summed E-state index contributed by atoms with van der Waals surface area (Å²) in [6.07, 6.45) is 0.854. The molecular weight excluding hydrogens is 566 g/mol. The Kier molecular flexibility index (Phi) is 6.01. The number of alkyl halides is 2. The number of imide groups is 1. The molecule has 8 heteroatoms. The van der Waals surface area contributed by atoms with E-state index in [1.165, 1.54) is 11.0 Å². The van der Waals surface area contributed by atoms with Crippen molar-refractivity contribution in [1.82, 2.24) is 0 Å². The van der Waals surface area contributed by atoms with Crippen molar-refractivity contribution >= 4 is 61.1 Å². The van der Waals surface area contributed by atoms with Crippen LogP contribution in [0.1, 0.15) is 38.3 Å². The number of carbonyl (C=O) groups is 4. The molecule has 2 amide bonds. The van der Waals surface area contributed by atoms with Gasteiger partial charge in [-0.3, -0.25) is 19.3 Å². The molecule has 176 valence electrons. The number of anilines is 1. The maximum atomic E-state index is 13.3. The monoisotopic (exact) mass is 587 g/mol. The van der Waals surface area contributed by atoms with Crippen LogP contribution in [-0.4, -0.2) is 39.8 Å². The van der Waals surface area contributed by atoms with Crippen LogP contribution in [0.25, 0.3) is 0 Å². The smallest absolute Gasteiger partial charge is 0.338 e. The largest absolute Gasteiger partial charge is 0.454 e. The first-order chi connectivity index (χ1) is 16.2. The first-order valence-electron chi connectivity index (χ1n) is 11.2. The van der Waals surface area contributed by atoms with Gasteiger partial charge in [0.05, 0.1) is 23.1 Å². The molecule has 6 nitrogen and oxygen atoms in total. The van der Waals surface area contributed by atoms with Crippen LogP contribution < -0.4 is 4.90 Å². The highest BCUT2D eigenvalue weighted by atomic mass is 79.9. The fourth-order valence-corrected chi connectivity index (χ4v) is 7.58. The number of hydrogen-bond donors (Lipinski definition) is 0. The molecule has 2 saturated carbocycles. The number of carbonyl (C=O) groups excluding carboxylic acids is 4. The lowest BCUT2D eigenvalue weighted by molar-refractivity contribution is -0.123. The summed E-state index contributed by atoms with van der Waals surface area (Å²) in [5.74, 6) is -1.81. The van der Waals surface area contributed by atoms with Crippen LogP contribution in [0, 0.1) is 37.5 Å². The molecule has 2 aliphatic carbocycles. The molecule has 3 aliphatic rings. The molecule has 0 N–H and O–H groups in total. The summed E-state index contributed by atoms with van der Waals surface area (Å²) in [5.41, 5.74) is 2.82. The van der Waals surface area contributed by atoms with Crippen LogP contribution in [-0.2, 0) is 14.3 Å². The summed E-state index contributed by atoms with van der Waals surface area (Å²) in [6, 6.07) is 11.8. The molecule has 0 unspecified atom stereocenters. The van der Waals surface area contributed by atoms with Crippen molar-refractivity contribution in [2.24, 2.45) is 23.7 Å². The van der Waals surface area contributed by atoms with Crippen molar-refractivity contribution in [3.05, 3.63) is 64.7 Å². The maximum absolute atomic E-state index is 13.3. The fourth-order valence-electron chi connectivity index (χ4n) is 5.70. The van der Waals surface area contributed by atoms with Crippen molar-refractivity contribution < 1.29 is 23.9 Å². The zero-order valence-electron chi connectivity index (χ0n) is 18.7. The van der Waals surface area contributed by atoms with Crippen molar-refractivity contribution in [2.45, 2.75) is 29.9 Å². The molecule has 0 spiro atoms. The summed E-state index contributed by atoms with van der Waals surface area (Å²) >= 11 is 7.38. The zero-order valence-corrected chi connectivity index (χ0v) is 21.8. The van der Waals surface area contributed by atoms with E-state index < -0.39 is 5.97 Å². The van der Waals surface area contributed by atoms with Gasteiger partial charge >= 0.3 is 5.97 Å². The second-order valence-corrected chi connectivity index (χ2v) is 11.5. The number of amides is 2. The van der Waals surface area contributed by atoms with E-state index in [1.54, 1.807) is 24.3 Å². The standard InChI is InChI=1S/C26H23Br2NO5/c1-12-6-7-13(2)16(8-12)19(30)11-34-26(33)14-4-3-5-15(9-14)29-24(31)20-17-10-18(21(20)25(29)32)23(28)22(17)27/h3-9,17-18,20-23H,10-11H2,1-2H3/t17-,18-,20-,21-,22-,23+/m1/s1. The van der Waals surface area contributed by atoms with Gasteiger partial charge in [-0.05, 0) is 61.9 Å². The number of aryl methyl sites for hydroxylation is 2. The summed E-state index contributed by atoms with van der Waals surface area (Å²) < 4.78 is 5.27. The summed E-state index contributed by atoms with van der Waals surface area (Å²) in [7, 11) is 0. The van der Waals surface area contributed by atoms with Gasteiger partial charge in [-0.15, -0.1) is 0 Å². The molecule has 2 bridgehead atoms. The van der Waals surface area contributed by atoms with E-state index in [0.717, 1.165) is 17.5 Å². The van der Waals surface area contributed by atoms with Gasteiger partial charge in [0, 0.05) is 15.2 Å². The topological polar surface area (TPSA) is 80.8 Å². The van der Waals surface area contributed by atoms with E-state index in [0.29, 0.717) is 11.3 Å². The van der Waals surface area contributed by atoms with E-state index >= 15 is 0 Å². The van der Waals surface area contributed by atoms with E-state index in [1.807, 2.05) is 26.0 Å². The zero-order chi connectivity index (χ0) is 24.3. The van der Waals surface area contributed by atoms with Crippen LogP contribution in [0.5, 0.6) is 0 Å². The Morgan fingerprint density at radius 3 is 2.26 bits per heavy atom. The van der Waals surface area contributed by atoms with E-state index in [-0.39, 0.29) is 63.1 Å². The molecule has 0 aromatic heterocycles. The molecule has 2 aromatic rings. The third kappa shape index (κ3) is 3.66. The van der Waals surface area contributed by atoms with Gasteiger partial charge in [0.2, 0.25) is 17.6 Å². The Morgan fingerprint density at radius 1 is 0.971 bits per heavy atom. The first kappa shape index (κ1) is 23.4. The highest BCUT2D eigenvalue weighted by Crippen LogP contribution is 2.60. The Bertz CT molecular complexity index is 1200. The Hall–Kier alpha value is -2.32. The number of nitrogens with zero attached hydrogens (tertiary/aromatic N) is 1. The molecule has 5 rings (SSSR count). The highest BCUT2D eigenvalue weighted by Gasteiger charge is 2.66. The van der Waals surface area contributed by atoms with Crippen LogP contribution in [0.15, 0.2) is 42.5 Å². The number of rotatable bonds is 5. The van der Waals surface area contributed by atoms with Gasteiger partial charge in [-0.25, -0.2) is 4.79 Å². The average molecular weight is 589 g/mol. The van der Waals surface area contributed by atoms with Crippen molar-refractivity contribution in [3.8, 4) is 0 Å². The molecule has 6 atom stereocenters. The molecule has 1 heterocycles. The predicted octanol–water partition coefficient (Wildman–Crippen LogP) is 4.63. The number of ketones is 1. The van der Waals surface area contributed by atoms with Gasteiger partial charge in [-0.2, -0.15) is 0 Å². The summed E-state index contributed by atoms with van der Waals surface area (Å²) in [6.45, 7) is 3.34. The van der Waals surface area contributed by atoms with Crippen LogP contribution in [0.3, 0.4) is 0 Å². The SMILES string of the molecule is Cc1ccc(C)c(C(=O)COC(=O)c2cccc(N3C(=O)[C@@H]4[C@H]5C[C@@H]([C@@H](Br)[C@H]5Br)[C@H]4C3=O)c2)c1. The Labute approximate surface area is 214 Å². The number of esters is 1. The molecule has 1 saturated heterocycles. The molecule has 0 radical (unpaired) electrons.